The Labute approximate surface area is 143 Å². The van der Waals surface area contributed by atoms with Crippen molar-refractivity contribution in [1.29, 1.82) is 0 Å². The van der Waals surface area contributed by atoms with Gasteiger partial charge in [0.25, 0.3) is 0 Å². The molecule has 1 saturated heterocycles. The summed E-state index contributed by atoms with van der Waals surface area (Å²) in [4.78, 5) is 1.22. The second-order valence-corrected chi connectivity index (χ2v) is 7.19. The van der Waals surface area contributed by atoms with Gasteiger partial charge < -0.3 is 10.1 Å². The van der Waals surface area contributed by atoms with Crippen LogP contribution in [-0.2, 0) is 22.9 Å². The monoisotopic (exact) mass is 355 g/mol. The van der Waals surface area contributed by atoms with Gasteiger partial charge in [0.05, 0.1) is 5.56 Å². The summed E-state index contributed by atoms with van der Waals surface area (Å²) in [5, 5.41) is 5.45. The van der Waals surface area contributed by atoms with Crippen molar-refractivity contribution in [3.05, 3.63) is 57.8 Å². The van der Waals surface area contributed by atoms with Gasteiger partial charge in [-0.15, -0.1) is 11.3 Å². The molecule has 1 aliphatic rings. The molecule has 130 valence electrons. The number of rotatable bonds is 5. The Kier molecular flexibility index (Phi) is 5.27. The first kappa shape index (κ1) is 17.5. The molecule has 1 fully saturated rings. The molecular formula is C18H20F3NOS. The average Bonchev–Trinajstić information content (AvgIpc) is 3.08. The summed E-state index contributed by atoms with van der Waals surface area (Å²) >= 11 is 1.67. The minimum Gasteiger partial charge on any atom is -0.381 e. The van der Waals surface area contributed by atoms with E-state index < -0.39 is 11.7 Å². The molecule has 0 aliphatic carbocycles. The highest BCUT2D eigenvalue weighted by Crippen LogP contribution is 2.37. The molecule has 1 N–H and O–H groups in total. The lowest BCUT2D eigenvalue weighted by Crippen LogP contribution is -2.42. The van der Waals surface area contributed by atoms with Crippen LogP contribution in [0.2, 0.25) is 0 Å². The van der Waals surface area contributed by atoms with Gasteiger partial charge in [-0.05, 0) is 35.9 Å². The lowest BCUT2D eigenvalue weighted by Gasteiger charge is -2.38. The van der Waals surface area contributed by atoms with Crippen LogP contribution in [0, 0.1) is 0 Å². The number of thiophene rings is 1. The van der Waals surface area contributed by atoms with E-state index in [9.17, 15) is 13.2 Å². The number of nitrogens with one attached hydrogen (secondary N) is 1. The molecule has 2 aromatic rings. The van der Waals surface area contributed by atoms with E-state index in [-0.39, 0.29) is 5.41 Å². The summed E-state index contributed by atoms with van der Waals surface area (Å²) in [5.41, 5.74) is -0.139. The van der Waals surface area contributed by atoms with Crippen molar-refractivity contribution in [2.45, 2.75) is 31.0 Å². The second-order valence-electron chi connectivity index (χ2n) is 6.15. The number of halogens is 3. The largest absolute Gasteiger partial charge is 0.416 e. The first-order valence-corrected chi connectivity index (χ1v) is 8.86. The molecule has 6 heteroatoms. The maximum absolute atomic E-state index is 13.1. The quantitative estimate of drug-likeness (QED) is 0.846. The third kappa shape index (κ3) is 3.99. The van der Waals surface area contributed by atoms with Crippen molar-refractivity contribution in [3.63, 3.8) is 0 Å². The fraction of sp³-hybridized carbons (Fsp3) is 0.444. The molecule has 2 nitrogen and oxygen atoms in total. The van der Waals surface area contributed by atoms with E-state index in [1.807, 2.05) is 17.5 Å². The molecule has 1 aliphatic heterocycles. The predicted molar refractivity (Wildman–Crippen MR) is 89.2 cm³/mol. The zero-order valence-corrected chi connectivity index (χ0v) is 14.1. The molecule has 2 heterocycles. The van der Waals surface area contributed by atoms with Gasteiger partial charge in [-0.25, -0.2) is 0 Å². The summed E-state index contributed by atoms with van der Waals surface area (Å²) < 4.78 is 44.6. The number of alkyl halides is 3. The maximum atomic E-state index is 13.1. The van der Waals surface area contributed by atoms with Crippen LogP contribution in [-0.4, -0.2) is 19.8 Å². The molecule has 0 spiro atoms. The van der Waals surface area contributed by atoms with E-state index >= 15 is 0 Å². The second kappa shape index (κ2) is 7.25. The summed E-state index contributed by atoms with van der Waals surface area (Å²) in [6, 6.07) is 9.81. The molecule has 3 rings (SSSR count). The van der Waals surface area contributed by atoms with Crippen molar-refractivity contribution in [2.75, 3.05) is 19.8 Å². The fourth-order valence-electron chi connectivity index (χ4n) is 3.19. The minimum atomic E-state index is -4.31. The van der Waals surface area contributed by atoms with E-state index in [1.165, 1.54) is 17.0 Å². The third-order valence-corrected chi connectivity index (χ3v) is 5.47. The summed E-state index contributed by atoms with van der Waals surface area (Å²) in [5.74, 6) is 0. The van der Waals surface area contributed by atoms with E-state index in [2.05, 4.69) is 11.4 Å². The molecule has 24 heavy (non-hydrogen) atoms. The summed E-state index contributed by atoms with van der Waals surface area (Å²) in [6.07, 6.45) is -2.86. The Balaban J connectivity index is 1.80. The fourth-order valence-corrected chi connectivity index (χ4v) is 3.87. The topological polar surface area (TPSA) is 21.3 Å². The van der Waals surface area contributed by atoms with Gasteiger partial charge >= 0.3 is 6.18 Å². The molecule has 1 aromatic heterocycles. The Hall–Kier alpha value is -1.37. The highest BCUT2D eigenvalue weighted by molar-refractivity contribution is 7.09. The number of hydrogen-bond acceptors (Lipinski definition) is 3. The van der Waals surface area contributed by atoms with Gasteiger partial charge in [0.2, 0.25) is 0 Å². The smallest absolute Gasteiger partial charge is 0.381 e. The van der Waals surface area contributed by atoms with E-state index in [0.717, 1.165) is 31.0 Å². The molecule has 1 aromatic carbocycles. The van der Waals surface area contributed by atoms with Gasteiger partial charge in [0.1, 0.15) is 0 Å². The zero-order valence-electron chi connectivity index (χ0n) is 13.2. The van der Waals surface area contributed by atoms with Gasteiger partial charge in [-0.1, -0.05) is 24.3 Å². The van der Waals surface area contributed by atoms with Gasteiger partial charge in [0, 0.05) is 36.6 Å². The van der Waals surface area contributed by atoms with Crippen LogP contribution < -0.4 is 5.32 Å². The standard InChI is InChI=1S/C18H20F3NOS/c19-18(20,21)15-4-1-3-14(11-15)17(6-8-23-9-7-17)13-22-12-16-5-2-10-24-16/h1-5,10-11,22H,6-9,12-13H2. The Morgan fingerprint density at radius 1 is 1.12 bits per heavy atom. The highest BCUT2D eigenvalue weighted by Gasteiger charge is 2.37. The maximum Gasteiger partial charge on any atom is 0.416 e. The molecule has 0 bridgehead atoms. The Bertz CT molecular complexity index is 649. The van der Waals surface area contributed by atoms with E-state index in [4.69, 9.17) is 4.74 Å². The van der Waals surface area contributed by atoms with Crippen LogP contribution in [0.1, 0.15) is 28.8 Å². The highest BCUT2D eigenvalue weighted by atomic mass is 32.1. The van der Waals surface area contributed by atoms with E-state index in [0.29, 0.717) is 19.8 Å². The van der Waals surface area contributed by atoms with Crippen molar-refractivity contribution >= 4 is 11.3 Å². The SMILES string of the molecule is FC(F)(F)c1cccc(C2(CNCc3cccs3)CCOCC2)c1. The summed E-state index contributed by atoms with van der Waals surface area (Å²) in [6.45, 7) is 2.54. The van der Waals surface area contributed by atoms with Crippen molar-refractivity contribution in [3.8, 4) is 0 Å². The van der Waals surface area contributed by atoms with Crippen molar-refractivity contribution in [1.82, 2.24) is 5.32 Å². The van der Waals surface area contributed by atoms with Crippen molar-refractivity contribution < 1.29 is 17.9 Å². The molecule has 0 atom stereocenters. The lowest BCUT2D eigenvalue weighted by atomic mass is 9.73. The molecule has 0 unspecified atom stereocenters. The van der Waals surface area contributed by atoms with Gasteiger partial charge in [-0.2, -0.15) is 13.2 Å². The number of benzene rings is 1. The Morgan fingerprint density at radius 3 is 2.58 bits per heavy atom. The molecule has 0 amide bonds. The average molecular weight is 355 g/mol. The Morgan fingerprint density at radius 2 is 1.92 bits per heavy atom. The third-order valence-electron chi connectivity index (χ3n) is 4.59. The molecule has 0 radical (unpaired) electrons. The number of ether oxygens (including phenoxy) is 1. The van der Waals surface area contributed by atoms with Crippen LogP contribution in [0.3, 0.4) is 0 Å². The van der Waals surface area contributed by atoms with Crippen LogP contribution >= 0.6 is 11.3 Å². The van der Waals surface area contributed by atoms with Crippen LogP contribution in [0.4, 0.5) is 13.2 Å². The van der Waals surface area contributed by atoms with Gasteiger partial charge in [0.15, 0.2) is 0 Å². The summed E-state index contributed by atoms with van der Waals surface area (Å²) in [7, 11) is 0. The molecular weight excluding hydrogens is 335 g/mol. The van der Waals surface area contributed by atoms with Crippen LogP contribution in [0.5, 0.6) is 0 Å². The van der Waals surface area contributed by atoms with E-state index in [1.54, 1.807) is 11.3 Å². The molecule has 0 saturated carbocycles. The first-order valence-electron chi connectivity index (χ1n) is 7.98. The van der Waals surface area contributed by atoms with Crippen LogP contribution in [0.15, 0.2) is 41.8 Å². The minimum absolute atomic E-state index is 0.309. The number of hydrogen-bond donors (Lipinski definition) is 1. The van der Waals surface area contributed by atoms with Crippen molar-refractivity contribution in [2.24, 2.45) is 0 Å². The first-order chi connectivity index (χ1) is 11.5. The lowest BCUT2D eigenvalue weighted by molar-refractivity contribution is -0.137. The predicted octanol–water partition coefficient (Wildman–Crippen LogP) is 4.60. The zero-order chi connectivity index (χ0) is 17.0. The van der Waals surface area contributed by atoms with Crippen LogP contribution in [0.25, 0.3) is 0 Å². The van der Waals surface area contributed by atoms with Gasteiger partial charge in [-0.3, -0.25) is 0 Å². The normalized spacial score (nSPS) is 17.8.